The van der Waals surface area contributed by atoms with E-state index in [2.05, 4.69) is 44.2 Å². The zero-order valence-electron chi connectivity index (χ0n) is 26.8. The van der Waals surface area contributed by atoms with Gasteiger partial charge in [0, 0.05) is 91.1 Å². The number of carbonyl (C=O) groups is 1. The van der Waals surface area contributed by atoms with Gasteiger partial charge in [-0.05, 0) is 61.6 Å². The second-order valence-corrected chi connectivity index (χ2v) is 13.1. The highest BCUT2D eigenvalue weighted by Gasteiger charge is 2.62. The van der Waals surface area contributed by atoms with Crippen molar-refractivity contribution in [1.82, 2.24) is 0 Å². The number of carbonyl (C=O) groups excluding carboxylic acids is 1. The van der Waals surface area contributed by atoms with Gasteiger partial charge in [-0.25, -0.2) is 0 Å². The van der Waals surface area contributed by atoms with Crippen molar-refractivity contribution in [2.45, 2.75) is 43.9 Å². The molecule has 0 radical (unpaired) electrons. The SMILES string of the molecule is [N-]=[N+]=C1C(=O)c2ccc(NCCOCCOCCCCCCCl)cc2C12c1ccc(N3CCC3)cc1Oc1cc(N3CCC3)ccc12. The fraction of sp³-hybridized carbons (Fsp3) is 0.459. The fourth-order valence-corrected chi connectivity index (χ4v) is 7.30. The lowest BCUT2D eigenvalue weighted by Crippen LogP contribution is -2.41. The first-order chi connectivity index (χ1) is 23.1. The van der Waals surface area contributed by atoms with Crippen molar-refractivity contribution >= 4 is 40.2 Å². The summed E-state index contributed by atoms with van der Waals surface area (Å²) in [5, 5.41) is 3.47. The third-order valence-electron chi connectivity index (χ3n) is 9.86. The number of fused-ring (bicyclic) bond motifs is 6. The average Bonchev–Trinajstić information content (AvgIpc) is 3.27. The Bertz CT molecular complexity index is 1620. The molecule has 0 bridgehead atoms. The van der Waals surface area contributed by atoms with Crippen LogP contribution in [0, 0.1) is 0 Å². The number of Topliss-reactive ketones (excluding diaryl/α,β-unsaturated/α-hetero) is 1. The van der Waals surface area contributed by atoms with Gasteiger partial charge in [-0.2, -0.15) is 4.79 Å². The maximum atomic E-state index is 14.0. The lowest BCUT2D eigenvalue weighted by molar-refractivity contribution is -0.0118. The quantitative estimate of drug-likeness (QED) is 0.0846. The molecule has 0 atom stereocenters. The third-order valence-corrected chi connectivity index (χ3v) is 10.1. The molecule has 3 aromatic rings. The van der Waals surface area contributed by atoms with Gasteiger partial charge in [0.25, 0.3) is 5.78 Å². The van der Waals surface area contributed by atoms with E-state index >= 15 is 0 Å². The number of halogens is 1. The molecule has 4 aliphatic rings. The Morgan fingerprint density at radius 1 is 0.787 bits per heavy atom. The van der Waals surface area contributed by atoms with Crippen LogP contribution in [-0.2, 0) is 14.9 Å². The van der Waals surface area contributed by atoms with E-state index in [0.29, 0.717) is 43.4 Å². The van der Waals surface area contributed by atoms with E-state index in [1.54, 1.807) is 0 Å². The summed E-state index contributed by atoms with van der Waals surface area (Å²) in [6, 6.07) is 18.1. The fourth-order valence-electron chi connectivity index (χ4n) is 7.11. The maximum Gasteiger partial charge on any atom is 0.358 e. The van der Waals surface area contributed by atoms with Crippen molar-refractivity contribution in [3.63, 3.8) is 0 Å². The van der Waals surface area contributed by atoms with Gasteiger partial charge in [0.05, 0.1) is 19.8 Å². The standard InChI is InChI=1S/C37H42ClN5O4/c38-13-3-1-2-4-19-45-21-22-46-20-14-40-26-7-10-29-32(23-26)37(36(41-39)35(29)44)30-11-8-27(42-15-5-16-42)24-33(30)47-34-25-28(9-12-31(34)37)43-17-6-18-43/h7-12,23-25,40H,1-6,13-22H2. The summed E-state index contributed by atoms with van der Waals surface area (Å²) < 4.78 is 18.1. The molecule has 1 spiro atoms. The molecular formula is C37H42ClN5O4. The molecule has 3 aromatic carbocycles. The van der Waals surface area contributed by atoms with Crippen LogP contribution >= 0.6 is 11.6 Å². The predicted molar refractivity (Wildman–Crippen MR) is 185 cm³/mol. The summed E-state index contributed by atoms with van der Waals surface area (Å²) in [5.41, 5.74) is 15.4. The summed E-state index contributed by atoms with van der Waals surface area (Å²) in [7, 11) is 0. The Morgan fingerprint density at radius 2 is 1.43 bits per heavy atom. The number of ether oxygens (including phenoxy) is 3. The molecule has 2 fully saturated rings. The minimum absolute atomic E-state index is 0.0891. The number of benzene rings is 3. The van der Waals surface area contributed by atoms with Crippen LogP contribution in [0.1, 0.15) is 65.6 Å². The molecule has 0 saturated carbocycles. The first-order valence-electron chi connectivity index (χ1n) is 17.0. The van der Waals surface area contributed by atoms with Crippen LogP contribution in [0.5, 0.6) is 11.5 Å². The largest absolute Gasteiger partial charge is 0.457 e. The number of ketones is 1. The van der Waals surface area contributed by atoms with E-state index < -0.39 is 5.41 Å². The lowest BCUT2D eigenvalue weighted by Gasteiger charge is -2.39. The van der Waals surface area contributed by atoms with Crippen LogP contribution in [0.15, 0.2) is 54.6 Å². The molecular weight excluding hydrogens is 614 g/mol. The number of alkyl halides is 1. The van der Waals surface area contributed by atoms with Gasteiger partial charge in [-0.15, -0.1) is 11.6 Å². The molecule has 0 aromatic heterocycles. The number of anilines is 3. The topological polar surface area (TPSA) is 99.7 Å². The van der Waals surface area contributed by atoms with Crippen molar-refractivity contribution in [2.24, 2.45) is 0 Å². The molecule has 2 saturated heterocycles. The molecule has 7 rings (SSSR count). The van der Waals surface area contributed by atoms with Gasteiger partial charge in [0.1, 0.15) is 11.5 Å². The smallest absolute Gasteiger partial charge is 0.358 e. The molecule has 9 nitrogen and oxygen atoms in total. The van der Waals surface area contributed by atoms with Crippen molar-refractivity contribution in [3.8, 4) is 11.5 Å². The van der Waals surface area contributed by atoms with Gasteiger partial charge in [0.2, 0.25) is 0 Å². The highest BCUT2D eigenvalue weighted by molar-refractivity contribution is 6.52. The van der Waals surface area contributed by atoms with Crippen molar-refractivity contribution in [3.05, 3.63) is 82.4 Å². The van der Waals surface area contributed by atoms with Crippen molar-refractivity contribution in [2.75, 3.05) is 80.1 Å². The predicted octanol–water partition coefficient (Wildman–Crippen LogP) is 6.66. The first kappa shape index (κ1) is 31.7. The van der Waals surface area contributed by atoms with E-state index in [-0.39, 0.29) is 11.5 Å². The van der Waals surface area contributed by atoms with Gasteiger partial charge in [-0.3, -0.25) is 4.79 Å². The number of nitrogens with one attached hydrogen (secondary N) is 1. The Balaban J connectivity index is 1.14. The summed E-state index contributed by atoms with van der Waals surface area (Å²) in [6.45, 7) is 6.98. The number of hydrogen-bond acceptors (Lipinski definition) is 7. The van der Waals surface area contributed by atoms with E-state index in [0.717, 1.165) is 111 Å². The second kappa shape index (κ2) is 14.1. The third kappa shape index (κ3) is 5.91. The van der Waals surface area contributed by atoms with Crippen molar-refractivity contribution in [1.29, 1.82) is 0 Å². The van der Waals surface area contributed by atoms with E-state index in [1.165, 1.54) is 0 Å². The zero-order chi connectivity index (χ0) is 32.2. The Labute approximate surface area is 281 Å². The molecule has 1 aliphatic carbocycles. The monoisotopic (exact) mass is 655 g/mol. The van der Waals surface area contributed by atoms with Crippen LogP contribution in [0.25, 0.3) is 5.53 Å². The number of unbranched alkanes of at least 4 members (excludes halogenated alkanes) is 3. The van der Waals surface area contributed by atoms with E-state index in [9.17, 15) is 10.3 Å². The van der Waals surface area contributed by atoms with Crippen LogP contribution in [0.2, 0.25) is 0 Å². The minimum Gasteiger partial charge on any atom is -0.457 e. The van der Waals surface area contributed by atoms with E-state index in [1.807, 2.05) is 30.3 Å². The molecule has 1 N–H and O–H groups in total. The Morgan fingerprint density at radius 3 is 2.02 bits per heavy atom. The van der Waals surface area contributed by atoms with Crippen LogP contribution in [0.4, 0.5) is 17.1 Å². The molecule has 0 amide bonds. The Kier molecular flexibility index (Phi) is 9.50. The number of nitrogens with zero attached hydrogens (tertiary/aromatic N) is 4. The zero-order valence-corrected chi connectivity index (χ0v) is 27.6. The van der Waals surface area contributed by atoms with Crippen LogP contribution in [-0.4, -0.2) is 81.3 Å². The maximum absolute atomic E-state index is 14.0. The van der Waals surface area contributed by atoms with Crippen LogP contribution < -0.4 is 19.9 Å². The van der Waals surface area contributed by atoms with Gasteiger partial charge in [0.15, 0.2) is 5.41 Å². The lowest BCUT2D eigenvalue weighted by atomic mass is 9.67. The van der Waals surface area contributed by atoms with Crippen LogP contribution in [0.3, 0.4) is 0 Å². The van der Waals surface area contributed by atoms with Gasteiger partial charge >= 0.3 is 5.71 Å². The van der Waals surface area contributed by atoms with Gasteiger partial charge in [-0.1, -0.05) is 25.0 Å². The highest BCUT2D eigenvalue weighted by Crippen LogP contribution is 2.57. The Hall–Kier alpha value is -3.88. The molecule has 3 aliphatic heterocycles. The van der Waals surface area contributed by atoms with Crippen molar-refractivity contribution < 1.29 is 23.8 Å². The first-order valence-corrected chi connectivity index (χ1v) is 17.5. The molecule has 246 valence electrons. The molecule has 3 heterocycles. The molecule has 0 unspecified atom stereocenters. The summed E-state index contributed by atoms with van der Waals surface area (Å²) >= 11 is 5.73. The molecule has 47 heavy (non-hydrogen) atoms. The molecule has 10 heteroatoms. The van der Waals surface area contributed by atoms with E-state index in [4.69, 9.17) is 25.8 Å². The normalized spacial score (nSPS) is 17.0. The minimum atomic E-state index is -1.12. The average molecular weight is 656 g/mol. The summed E-state index contributed by atoms with van der Waals surface area (Å²) in [6.07, 6.45) is 6.72. The van der Waals surface area contributed by atoms with Gasteiger partial charge < -0.3 is 34.9 Å². The number of rotatable bonds is 15. The second-order valence-electron chi connectivity index (χ2n) is 12.7. The highest BCUT2D eigenvalue weighted by atomic mass is 35.5. The number of hydrogen-bond donors (Lipinski definition) is 1. The summed E-state index contributed by atoms with van der Waals surface area (Å²) in [5.74, 6) is 1.79. The summed E-state index contributed by atoms with van der Waals surface area (Å²) in [4.78, 5) is 22.3.